The zero-order valence-electron chi connectivity index (χ0n) is 23.8. The van der Waals surface area contributed by atoms with Gasteiger partial charge >= 0.3 is 25.8 Å². The van der Waals surface area contributed by atoms with Crippen LogP contribution in [0.1, 0.15) is 81.6 Å². The van der Waals surface area contributed by atoms with Crippen LogP contribution in [0.15, 0.2) is 0 Å². The monoisotopic (exact) mass is 640 g/mol. The standard InChI is InChI=1S/3C8H16O4.In/c3*1-4-8(7(9)10,11-5-2)12-6-3;/h3*4-6H2,1-3H3,(H,9,10);/q;;;+3/p-3. The molecule has 216 valence electrons. The minimum Gasteiger partial charge on any atom is -0.544 e. The van der Waals surface area contributed by atoms with Crippen molar-refractivity contribution in [3.8, 4) is 0 Å². The van der Waals surface area contributed by atoms with Gasteiger partial charge in [-0.3, -0.25) is 0 Å². The fourth-order valence-electron chi connectivity index (χ4n) is 2.92. The van der Waals surface area contributed by atoms with Gasteiger partial charge in [0.05, 0.1) is 0 Å². The molecular formula is C24H45InO12. The number of aliphatic carboxylic acids is 3. The van der Waals surface area contributed by atoms with Gasteiger partial charge in [0.25, 0.3) is 0 Å². The Bertz CT molecular complexity index is 501. The van der Waals surface area contributed by atoms with Crippen LogP contribution >= 0.6 is 0 Å². The molecule has 0 saturated heterocycles. The van der Waals surface area contributed by atoms with E-state index in [0.29, 0.717) is 39.6 Å². The fraction of sp³-hybridized carbons (Fsp3) is 0.875. The van der Waals surface area contributed by atoms with E-state index in [9.17, 15) is 29.7 Å². The van der Waals surface area contributed by atoms with Gasteiger partial charge in [0, 0.05) is 58.9 Å². The first-order valence-electron chi connectivity index (χ1n) is 12.4. The molecule has 0 atom stereocenters. The van der Waals surface area contributed by atoms with Crippen molar-refractivity contribution in [3.05, 3.63) is 0 Å². The molecular weight excluding hydrogens is 595 g/mol. The van der Waals surface area contributed by atoms with Crippen LogP contribution in [0, 0.1) is 0 Å². The summed E-state index contributed by atoms with van der Waals surface area (Å²) in [6.07, 6.45) is 0.741. The van der Waals surface area contributed by atoms with Crippen LogP contribution in [0.5, 0.6) is 0 Å². The molecule has 0 saturated carbocycles. The quantitative estimate of drug-likeness (QED) is 0.174. The fourth-order valence-corrected chi connectivity index (χ4v) is 2.92. The third kappa shape index (κ3) is 15.3. The molecule has 0 spiro atoms. The van der Waals surface area contributed by atoms with Crippen LogP contribution in [-0.4, -0.2) is 101 Å². The molecule has 0 aromatic carbocycles. The van der Waals surface area contributed by atoms with Gasteiger partial charge in [-0.05, 0) is 41.5 Å². The summed E-state index contributed by atoms with van der Waals surface area (Å²) in [5, 5.41) is 32.0. The van der Waals surface area contributed by atoms with Gasteiger partial charge in [-0.25, -0.2) is 0 Å². The summed E-state index contributed by atoms with van der Waals surface area (Å²) in [6, 6.07) is 0. The maximum Gasteiger partial charge on any atom is 3.00 e. The van der Waals surface area contributed by atoms with Gasteiger partial charge in [-0.15, -0.1) is 0 Å². The average molecular weight is 640 g/mol. The number of rotatable bonds is 18. The van der Waals surface area contributed by atoms with E-state index in [-0.39, 0.29) is 45.1 Å². The molecule has 0 fully saturated rings. The second-order valence-electron chi connectivity index (χ2n) is 6.78. The third-order valence-electron chi connectivity index (χ3n) is 4.59. The van der Waals surface area contributed by atoms with E-state index in [0.717, 1.165) is 0 Å². The SMILES string of the molecule is CCOC(CC)(OCC)C(=O)[O-].CCOC(CC)(OCC)C(=O)[O-].CCOC(CC)(OCC)C(=O)[O-].[In+3]. The molecule has 37 heavy (non-hydrogen) atoms. The first-order valence-corrected chi connectivity index (χ1v) is 12.4. The number of carboxylic acid groups (broad SMARTS) is 3. The molecule has 0 unspecified atom stereocenters. The zero-order chi connectivity index (χ0) is 28.8. The minimum atomic E-state index is -1.55. The van der Waals surface area contributed by atoms with Gasteiger partial charge in [0.1, 0.15) is 17.9 Å². The first-order chi connectivity index (χ1) is 16.9. The Morgan fingerprint density at radius 1 is 0.432 bits per heavy atom. The van der Waals surface area contributed by atoms with E-state index in [4.69, 9.17) is 28.4 Å². The summed E-state index contributed by atoms with van der Waals surface area (Å²) in [5.41, 5.74) is 0. The van der Waals surface area contributed by atoms with Crippen LogP contribution in [-0.2, 0) is 42.8 Å². The Morgan fingerprint density at radius 3 is 0.622 bits per heavy atom. The Morgan fingerprint density at radius 2 is 0.568 bits per heavy atom. The molecule has 0 amide bonds. The first kappa shape index (κ1) is 43.1. The Balaban J connectivity index is -0.000000218. The normalized spacial score (nSPS) is 11.3. The molecule has 0 aromatic heterocycles. The van der Waals surface area contributed by atoms with Crippen molar-refractivity contribution in [2.75, 3.05) is 39.6 Å². The molecule has 0 bridgehead atoms. The molecule has 0 aliphatic carbocycles. The van der Waals surface area contributed by atoms with Crippen LogP contribution < -0.4 is 15.3 Å². The number of hydrogen-bond acceptors (Lipinski definition) is 12. The van der Waals surface area contributed by atoms with Crippen molar-refractivity contribution in [1.29, 1.82) is 0 Å². The molecule has 12 nitrogen and oxygen atoms in total. The average Bonchev–Trinajstić information content (AvgIpc) is 2.83. The summed E-state index contributed by atoms with van der Waals surface area (Å²) in [7, 11) is 0. The van der Waals surface area contributed by atoms with Crippen molar-refractivity contribution in [3.63, 3.8) is 0 Å². The van der Waals surface area contributed by atoms with Crippen LogP contribution in [0.2, 0.25) is 0 Å². The second-order valence-corrected chi connectivity index (χ2v) is 6.78. The van der Waals surface area contributed by atoms with Crippen molar-refractivity contribution < 1.29 is 58.1 Å². The summed E-state index contributed by atoms with van der Waals surface area (Å²) >= 11 is 0. The van der Waals surface area contributed by atoms with E-state index in [2.05, 4.69) is 0 Å². The summed E-state index contributed by atoms with van der Waals surface area (Å²) in [6.45, 7) is 17.1. The Kier molecular flexibility index (Phi) is 28.1. The predicted molar refractivity (Wildman–Crippen MR) is 130 cm³/mol. The van der Waals surface area contributed by atoms with Crippen molar-refractivity contribution in [1.82, 2.24) is 0 Å². The van der Waals surface area contributed by atoms with Gasteiger partial charge in [0.15, 0.2) is 0 Å². The van der Waals surface area contributed by atoms with Gasteiger partial charge < -0.3 is 58.1 Å². The molecule has 0 aliphatic heterocycles. The third-order valence-corrected chi connectivity index (χ3v) is 4.59. The maximum atomic E-state index is 10.7. The summed E-state index contributed by atoms with van der Waals surface area (Å²) in [5.74, 6) is -8.59. The summed E-state index contributed by atoms with van der Waals surface area (Å²) < 4.78 is 30.0. The van der Waals surface area contributed by atoms with Crippen LogP contribution in [0.4, 0.5) is 0 Å². The molecule has 0 N–H and O–H groups in total. The topological polar surface area (TPSA) is 176 Å². The number of hydrogen-bond donors (Lipinski definition) is 0. The molecule has 0 radical (unpaired) electrons. The molecule has 0 rings (SSSR count). The second kappa shape index (κ2) is 24.1. The number of carbonyl (C=O) groups is 3. The number of carboxylic acids is 3. The smallest absolute Gasteiger partial charge is 0.544 e. The van der Waals surface area contributed by atoms with E-state index < -0.39 is 35.3 Å². The minimum absolute atomic E-state index is 0. The molecule has 0 aromatic rings. The van der Waals surface area contributed by atoms with Crippen LogP contribution in [0.25, 0.3) is 0 Å². The van der Waals surface area contributed by atoms with Gasteiger partial charge in [0.2, 0.25) is 17.4 Å². The predicted octanol–water partition coefficient (Wildman–Crippen LogP) is -0.634. The number of carbonyl (C=O) groups excluding carboxylic acids is 3. The maximum absolute atomic E-state index is 10.7. The van der Waals surface area contributed by atoms with E-state index in [1.165, 1.54) is 0 Å². The van der Waals surface area contributed by atoms with Gasteiger partial charge in [-0.2, -0.15) is 0 Å². The zero-order valence-corrected chi connectivity index (χ0v) is 27.1. The summed E-state index contributed by atoms with van der Waals surface area (Å²) in [4.78, 5) is 32.0. The molecule has 13 heteroatoms. The van der Waals surface area contributed by atoms with Crippen LogP contribution in [0.3, 0.4) is 0 Å². The molecule has 0 heterocycles. The number of ether oxygens (including phenoxy) is 6. The molecule has 0 aliphatic rings. The van der Waals surface area contributed by atoms with E-state index >= 15 is 0 Å². The van der Waals surface area contributed by atoms with Crippen molar-refractivity contribution in [2.24, 2.45) is 0 Å². The van der Waals surface area contributed by atoms with Crippen molar-refractivity contribution in [2.45, 2.75) is 98.9 Å². The van der Waals surface area contributed by atoms with Crippen molar-refractivity contribution >= 4 is 43.8 Å². The largest absolute Gasteiger partial charge is 3.00 e. The van der Waals surface area contributed by atoms with E-state index in [1.54, 1.807) is 62.3 Å². The van der Waals surface area contributed by atoms with E-state index in [1.807, 2.05) is 0 Å². The Labute approximate surface area is 240 Å². The van der Waals surface area contributed by atoms with Gasteiger partial charge in [-0.1, -0.05) is 20.8 Å². The Hall–Kier alpha value is -0.960.